The van der Waals surface area contributed by atoms with Crippen molar-refractivity contribution in [1.29, 1.82) is 0 Å². The standard InChI is InChI=1S/C21H18N8O2/c1-11-15-16(13-8-23-28(2)9-13)17-19-24-18(12-5-4-6-14(7-12)30-3)27-29(19)10-22-20(17)31-21(15)26-25-11/h4-10,16H,1-3H3,(H,25,26)/t16-/m0/s1. The highest BCUT2D eigenvalue weighted by molar-refractivity contribution is 5.68. The van der Waals surface area contributed by atoms with Crippen molar-refractivity contribution in [2.75, 3.05) is 7.11 Å². The number of methoxy groups -OCH3 is 1. The van der Waals surface area contributed by atoms with Crippen molar-refractivity contribution >= 4 is 5.65 Å². The summed E-state index contributed by atoms with van der Waals surface area (Å²) in [4.78, 5) is 9.37. The van der Waals surface area contributed by atoms with Gasteiger partial charge in [-0.2, -0.15) is 5.10 Å². The Hall–Kier alpha value is -4.21. The van der Waals surface area contributed by atoms with Gasteiger partial charge in [0.05, 0.1) is 24.8 Å². The number of aromatic nitrogens is 8. The van der Waals surface area contributed by atoms with Crippen LogP contribution in [0.15, 0.2) is 43.0 Å². The second-order valence-corrected chi connectivity index (χ2v) is 7.45. The fourth-order valence-corrected chi connectivity index (χ4v) is 4.07. The van der Waals surface area contributed by atoms with E-state index in [9.17, 15) is 0 Å². The molecular formula is C21H18N8O2. The molecule has 10 heteroatoms. The van der Waals surface area contributed by atoms with Crippen LogP contribution in [0.25, 0.3) is 17.0 Å². The van der Waals surface area contributed by atoms with Crippen LogP contribution in [-0.2, 0) is 7.05 Å². The van der Waals surface area contributed by atoms with Crippen LogP contribution in [0.3, 0.4) is 0 Å². The lowest BCUT2D eigenvalue weighted by atomic mass is 9.86. The van der Waals surface area contributed by atoms with Crippen LogP contribution in [0.5, 0.6) is 17.5 Å². The molecule has 5 heterocycles. The number of hydrogen-bond acceptors (Lipinski definition) is 7. The van der Waals surface area contributed by atoms with Gasteiger partial charge in [0.2, 0.25) is 11.8 Å². The number of ether oxygens (including phenoxy) is 2. The number of hydrogen-bond donors (Lipinski definition) is 1. The smallest absolute Gasteiger partial charge is 0.244 e. The van der Waals surface area contributed by atoms with Crippen molar-refractivity contribution in [2.24, 2.45) is 7.05 Å². The first-order valence-electron chi connectivity index (χ1n) is 9.73. The first-order chi connectivity index (χ1) is 15.1. The van der Waals surface area contributed by atoms with Crippen LogP contribution in [0.2, 0.25) is 0 Å². The van der Waals surface area contributed by atoms with E-state index in [0.717, 1.165) is 33.7 Å². The number of nitrogens with one attached hydrogen (secondary N) is 1. The molecule has 0 saturated carbocycles. The van der Waals surface area contributed by atoms with Crippen LogP contribution in [0.4, 0.5) is 0 Å². The van der Waals surface area contributed by atoms with E-state index in [0.29, 0.717) is 23.2 Å². The quantitative estimate of drug-likeness (QED) is 0.474. The minimum absolute atomic E-state index is 0.190. The zero-order valence-corrected chi connectivity index (χ0v) is 17.1. The monoisotopic (exact) mass is 414 g/mol. The summed E-state index contributed by atoms with van der Waals surface area (Å²) in [6.45, 7) is 1.97. The summed E-state index contributed by atoms with van der Waals surface area (Å²) < 4.78 is 14.8. The van der Waals surface area contributed by atoms with E-state index in [1.54, 1.807) is 22.6 Å². The molecule has 0 spiro atoms. The highest BCUT2D eigenvalue weighted by atomic mass is 16.5. The predicted octanol–water partition coefficient (Wildman–Crippen LogP) is 2.85. The van der Waals surface area contributed by atoms with Gasteiger partial charge in [0.1, 0.15) is 12.1 Å². The zero-order chi connectivity index (χ0) is 21.1. The fourth-order valence-electron chi connectivity index (χ4n) is 4.07. The summed E-state index contributed by atoms with van der Waals surface area (Å²) in [5.74, 6) is 2.11. The number of H-pyrrole nitrogens is 1. The van der Waals surface area contributed by atoms with Gasteiger partial charge in [-0.25, -0.2) is 14.5 Å². The molecule has 1 aliphatic rings. The summed E-state index contributed by atoms with van der Waals surface area (Å²) in [5, 5.41) is 16.4. The molecule has 1 aromatic carbocycles. The van der Waals surface area contributed by atoms with Gasteiger partial charge < -0.3 is 9.47 Å². The minimum atomic E-state index is -0.190. The van der Waals surface area contributed by atoms with Gasteiger partial charge in [-0.05, 0) is 19.1 Å². The molecule has 0 unspecified atom stereocenters. The summed E-state index contributed by atoms with van der Waals surface area (Å²) in [5.41, 5.74) is 5.22. The summed E-state index contributed by atoms with van der Waals surface area (Å²) >= 11 is 0. The molecule has 1 N–H and O–H groups in total. The maximum Gasteiger partial charge on any atom is 0.244 e. The van der Waals surface area contributed by atoms with Crippen molar-refractivity contribution in [3.63, 3.8) is 0 Å². The van der Waals surface area contributed by atoms with E-state index in [4.69, 9.17) is 14.5 Å². The molecule has 1 aliphatic heterocycles. The molecule has 0 amide bonds. The van der Waals surface area contributed by atoms with E-state index in [1.165, 1.54) is 0 Å². The topological polar surface area (TPSA) is 108 Å². The van der Waals surface area contributed by atoms with Gasteiger partial charge in [-0.3, -0.25) is 9.78 Å². The lowest BCUT2D eigenvalue weighted by Gasteiger charge is -2.24. The molecule has 6 rings (SSSR count). The van der Waals surface area contributed by atoms with Gasteiger partial charge in [0.15, 0.2) is 11.5 Å². The molecule has 0 radical (unpaired) electrons. The molecule has 10 nitrogen and oxygen atoms in total. The second-order valence-electron chi connectivity index (χ2n) is 7.45. The van der Waals surface area contributed by atoms with Gasteiger partial charge in [-0.1, -0.05) is 12.1 Å². The number of aryl methyl sites for hydroxylation is 2. The molecule has 154 valence electrons. The molecule has 0 saturated heterocycles. The van der Waals surface area contributed by atoms with Crippen LogP contribution in [0.1, 0.15) is 28.3 Å². The van der Waals surface area contributed by atoms with Crippen LogP contribution in [-0.4, -0.2) is 46.7 Å². The Morgan fingerprint density at radius 1 is 1.19 bits per heavy atom. The number of rotatable bonds is 3. The minimum Gasteiger partial charge on any atom is -0.497 e. The number of aromatic amines is 1. The Kier molecular flexibility index (Phi) is 3.64. The molecule has 4 aromatic heterocycles. The summed E-state index contributed by atoms with van der Waals surface area (Å²) in [7, 11) is 3.53. The summed E-state index contributed by atoms with van der Waals surface area (Å²) in [6, 6.07) is 7.65. The van der Waals surface area contributed by atoms with Crippen molar-refractivity contribution < 1.29 is 9.47 Å². The van der Waals surface area contributed by atoms with E-state index in [-0.39, 0.29) is 5.92 Å². The zero-order valence-electron chi connectivity index (χ0n) is 17.1. The summed E-state index contributed by atoms with van der Waals surface area (Å²) in [6.07, 6.45) is 5.44. The fraction of sp³-hybridized carbons (Fsp3) is 0.190. The Balaban J connectivity index is 1.60. The Bertz CT molecular complexity index is 1450. The maximum atomic E-state index is 6.03. The molecule has 1 atom stereocenters. The highest BCUT2D eigenvalue weighted by Crippen LogP contribution is 2.48. The van der Waals surface area contributed by atoms with Gasteiger partial charge >= 0.3 is 0 Å². The average molecular weight is 414 g/mol. The van der Waals surface area contributed by atoms with Gasteiger partial charge in [0, 0.05) is 35.6 Å². The third-order valence-corrected chi connectivity index (χ3v) is 5.50. The van der Waals surface area contributed by atoms with Crippen molar-refractivity contribution in [3.05, 3.63) is 65.4 Å². The first kappa shape index (κ1) is 17.6. The van der Waals surface area contributed by atoms with E-state index >= 15 is 0 Å². The normalized spacial score (nSPS) is 14.9. The largest absolute Gasteiger partial charge is 0.497 e. The molecule has 0 fully saturated rings. The molecular weight excluding hydrogens is 396 g/mol. The SMILES string of the molecule is COc1cccc(-c2nc3c4c(ncn3n2)Oc2n[nH]c(C)c2[C@@H]4c2cnn(C)c2)c1. The third-order valence-electron chi connectivity index (χ3n) is 5.50. The first-order valence-corrected chi connectivity index (χ1v) is 9.73. The second kappa shape index (κ2) is 6.39. The van der Waals surface area contributed by atoms with Crippen molar-refractivity contribution in [3.8, 4) is 28.9 Å². The molecule has 0 bridgehead atoms. The number of nitrogens with zero attached hydrogens (tertiary/aromatic N) is 7. The van der Waals surface area contributed by atoms with Crippen molar-refractivity contribution in [2.45, 2.75) is 12.8 Å². The van der Waals surface area contributed by atoms with Gasteiger partial charge in [-0.15, -0.1) is 10.2 Å². The van der Waals surface area contributed by atoms with E-state index in [1.807, 2.05) is 50.6 Å². The number of benzene rings is 1. The Morgan fingerprint density at radius 2 is 2.10 bits per heavy atom. The number of fused-ring (bicyclic) bond motifs is 4. The third kappa shape index (κ3) is 2.61. The Labute approximate surface area is 176 Å². The lowest BCUT2D eigenvalue weighted by molar-refractivity contribution is 0.415. The van der Waals surface area contributed by atoms with Crippen LogP contribution in [0, 0.1) is 6.92 Å². The maximum absolute atomic E-state index is 6.03. The van der Waals surface area contributed by atoms with E-state index < -0.39 is 0 Å². The highest BCUT2D eigenvalue weighted by Gasteiger charge is 2.37. The molecule has 0 aliphatic carbocycles. The van der Waals surface area contributed by atoms with Gasteiger partial charge in [0.25, 0.3) is 0 Å². The van der Waals surface area contributed by atoms with Crippen LogP contribution >= 0.6 is 0 Å². The molecule has 5 aromatic rings. The Morgan fingerprint density at radius 3 is 2.90 bits per heavy atom. The predicted molar refractivity (Wildman–Crippen MR) is 110 cm³/mol. The van der Waals surface area contributed by atoms with E-state index in [2.05, 4.69) is 25.4 Å². The van der Waals surface area contributed by atoms with Crippen LogP contribution < -0.4 is 9.47 Å². The molecule has 31 heavy (non-hydrogen) atoms. The lowest BCUT2D eigenvalue weighted by Crippen LogP contribution is -2.14. The van der Waals surface area contributed by atoms with Crippen molar-refractivity contribution in [1.82, 2.24) is 39.6 Å². The average Bonchev–Trinajstić information content (AvgIpc) is 3.51.